The smallest absolute Gasteiger partial charge is 0.251 e. The van der Waals surface area contributed by atoms with Crippen molar-refractivity contribution < 1.29 is 14.6 Å². The van der Waals surface area contributed by atoms with Gasteiger partial charge in [0.25, 0.3) is 5.91 Å². The lowest BCUT2D eigenvalue weighted by atomic mass is 10.0. The van der Waals surface area contributed by atoms with Crippen LogP contribution in [0.1, 0.15) is 39.9 Å². The highest BCUT2D eigenvalue weighted by molar-refractivity contribution is 5.95. The van der Waals surface area contributed by atoms with Crippen LogP contribution in [0, 0.1) is 19.3 Å². The van der Waals surface area contributed by atoms with Gasteiger partial charge in [0.15, 0.2) is 0 Å². The SMILES string of the molecule is Cc1cc(C(=O)NCC2(CO)CC2)cc(C)c1OCc1cccnc1. The normalized spacial score (nSPS) is 14.8. The topological polar surface area (TPSA) is 71.5 Å². The number of aromatic nitrogens is 1. The Kier molecular flexibility index (Phi) is 5.04. The van der Waals surface area contributed by atoms with Crippen LogP contribution in [0.4, 0.5) is 0 Å². The summed E-state index contributed by atoms with van der Waals surface area (Å²) in [6.07, 6.45) is 5.46. The van der Waals surface area contributed by atoms with Crippen molar-refractivity contribution >= 4 is 5.91 Å². The van der Waals surface area contributed by atoms with Gasteiger partial charge in [0.1, 0.15) is 12.4 Å². The van der Waals surface area contributed by atoms with Crippen LogP contribution in [-0.4, -0.2) is 29.1 Å². The molecule has 1 amide bonds. The number of aliphatic hydroxyl groups is 1. The van der Waals surface area contributed by atoms with Crippen molar-refractivity contribution in [2.45, 2.75) is 33.3 Å². The molecule has 0 bridgehead atoms. The van der Waals surface area contributed by atoms with Gasteiger partial charge in [0.05, 0.1) is 6.61 Å². The quantitative estimate of drug-likeness (QED) is 0.813. The molecule has 0 atom stereocenters. The number of aryl methyl sites for hydroxylation is 2. The molecule has 2 N–H and O–H groups in total. The van der Waals surface area contributed by atoms with Gasteiger partial charge >= 0.3 is 0 Å². The molecule has 0 saturated heterocycles. The summed E-state index contributed by atoms with van der Waals surface area (Å²) in [5.74, 6) is 0.694. The predicted molar refractivity (Wildman–Crippen MR) is 95.6 cm³/mol. The van der Waals surface area contributed by atoms with Gasteiger partial charge in [-0.3, -0.25) is 9.78 Å². The van der Waals surface area contributed by atoms with Crippen molar-refractivity contribution in [1.82, 2.24) is 10.3 Å². The van der Waals surface area contributed by atoms with Crippen LogP contribution < -0.4 is 10.1 Å². The summed E-state index contributed by atoms with van der Waals surface area (Å²) in [6.45, 7) is 4.99. The zero-order chi connectivity index (χ0) is 17.9. The first-order chi connectivity index (χ1) is 12.0. The van der Waals surface area contributed by atoms with E-state index in [0.29, 0.717) is 18.7 Å². The van der Waals surface area contributed by atoms with Crippen LogP contribution >= 0.6 is 0 Å². The van der Waals surface area contributed by atoms with E-state index in [4.69, 9.17) is 4.74 Å². The van der Waals surface area contributed by atoms with Crippen molar-refractivity contribution in [1.29, 1.82) is 0 Å². The summed E-state index contributed by atoms with van der Waals surface area (Å²) in [6, 6.07) is 7.54. The van der Waals surface area contributed by atoms with Crippen LogP contribution in [0.25, 0.3) is 0 Å². The summed E-state index contributed by atoms with van der Waals surface area (Å²) >= 11 is 0. The van der Waals surface area contributed by atoms with E-state index >= 15 is 0 Å². The Bertz CT molecular complexity index is 732. The minimum absolute atomic E-state index is 0.0908. The standard InChI is InChI=1S/C20H24N2O3/c1-14-8-17(19(24)22-12-20(13-23)5-6-20)9-15(2)18(14)25-11-16-4-3-7-21-10-16/h3-4,7-10,23H,5-6,11-13H2,1-2H3,(H,22,24). The van der Waals surface area contributed by atoms with E-state index in [2.05, 4.69) is 10.3 Å². The second kappa shape index (κ2) is 7.23. The molecule has 25 heavy (non-hydrogen) atoms. The maximum atomic E-state index is 12.4. The Balaban J connectivity index is 1.66. The summed E-state index contributed by atoms with van der Waals surface area (Å²) in [7, 11) is 0. The molecule has 0 spiro atoms. The van der Waals surface area contributed by atoms with Gasteiger partial charge in [-0.05, 0) is 56.0 Å². The number of carbonyl (C=O) groups excluding carboxylic acids is 1. The van der Waals surface area contributed by atoms with E-state index < -0.39 is 0 Å². The number of nitrogens with one attached hydrogen (secondary N) is 1. The van der Waals surface area contributed by atoms with Gasteiger partial charge in [-0.15, -0.1) is 0 Å². The fourth-order valence-corrected chi connectivity index (χ4v) is 2.89. The number of aliphatic hydroxyl groups excluding tert-OH is 1. The molecule has 1 aromatic carbocycles. The number of carbonyl (C=O) groups is 1. The second-order valence-electron chi connectivity index (χ2n) is 6.93. The van der Waals surface area contributed by atoms with Crippen LogP contribution in [-0.2, 0) is 6.61 Å². The van der Waals surface area contributed by atoms with E-state index in [-0.39, 0.29) is 17.9 Å². The predicted octanol–water partition coefficient (Wildman–Crippen LogP) is 2.78. The number of nitrogens with zero attached hydrogens (tertiary/aromatic N) is 1. The monoisotopic (exact) mass is 340 g/mol. The molecular formula is C20H24N2O3. The van der Waals surface area contributed by atoms with Crippen LogP contribution in [0.15, 0.2) is 36.7 Å². The number of amides is 1. The molecule has 5 heteroatoms. The Morgan fingerprint density at radius 1 is 1.32 bits per heavy atom. The Morgan fingerprint density at radius 2 is 2.04 bits per heavy atom. The number of hydrogen-bond acceptors (Lipinski definition) is 4. The summed E-state index contributed by atoms with van der Waals surface area (Å²) < 4.78 is 5.93. The maximum Gasteiger partial charge on any atom is 0.251 e. The fraction of sp³-hybridized carbons (Fsp3) is 0.400. The molecule has 0 unspecified atom stereocenters. The Hall–Kier alpha value is -2.40. The van der Waals surface area contributed by atoms with Gasteiger partial charge in [-0.2, -0.15) is 0 Å². The lowest BCUT2D eigenvalue weighted by molar-refractivity contribution is 0.0935. The van der Waals surface area contributed by atoms with Gasteiger partial charge in [-0.1, -0.05) is 6.07 Å². The fourth-order valence-electron chi connectivity index (χ4n) is 2.89. The van der Waals surface area contributed by atoms with Gasteiger partial charge in [-0.25, -0.2) is 0 Å². The van der Waals surface area contributed by atoms with E-state index in [0.717, 1.165) is 35.3 Å². The van der Waals surface area contributed by atoms with Crippen molar-refractivity contribution in [2.75, 3.05) is 13.2 Å². The molecule has 0 aliphatic heterocycles. The van der Waals surface area contributed by atoms with Crippen LogP contribution in [0.3, 0.4) is 0 Å². The number of benzene rings is 1. The van der Waals surface area contributed by atoms with Gasteiger partial charge in [0.2, 0.25) is 0 Å². The van der Waals surface area contributed by atoms with Crippen LogP contribution in [0.2, 0.25) is 0 Å². The molecule has 3 rings (SSSR count). The molecule has 5 nitrogen and oxygen atoms in total. The average molecular weight is 340 g/mol. The van der Waals surface area contributed by atoms with E-state index in [1.54, 1.807) is 12.4 Å². The molecule has 1 aromatic heterocycles. The molecule has 2 aromatic rings. The first-order valence-electron chi connectivity index (χ1n) is 8.55. The Labute approximate surface area is 148 Å². The minimum Gasteiger partial charge on any atom is -0.488 e. The third kappa shape index (κ3) is 4.17. The first kappa shape index (κ1) is 17.4. The third-order valence-electron chi connectivity index (χ3n) is 4.74. The summed E-state index contributed by atoms with van der Waals surface area (Å²) in [4.78, 5) is 16.5. The molecule has 1 saturated carbocycles. The first-order valence-corrected chi connectivity index (χ1v) is 8.55. The number of pyridine rings is 1. The Morgan fingerprint density at radius 3 is 2.60 bits per heavy atom. The minimum atomic E-state index is -0.107. The molecule has 0 radical (unpaired) electrons. The lowest BCUT2D eigenvalue weighted by Gasteiger charge is -2.16. The highest BCUT2D eigenvalue weighted by Gasteiger charge is 2.42. The molecule has 1 fully saturated rings. The van der Waals surface area contributed by atoms with Crippen LogP contribution in [0.5, 0.6) is 5.75 Å². The highest BCUT2D eigenvalue weighted by atomic mass is 16.5. The summed E-state index contributed by atoms with van der Waals surface area (Å²) in [5.41, 5.74) is 3.39. The molecular weight excluding hydrogens is 316 g/mol. The highest BCUT2D eigenvalue weighted by Crippen LogP contribution is 2.44. The molecule has 1 heterocycles. The summed E-state index contributed by atoms with van der Waals surface area (Å²) in [5, 5.41) is 12.3. The zero-order valence-electron chi connectivity index (χ0n) is 14.7. The maximum absolute atomic E-state index is 12.4. The van der Waals surface area contributed by atoms with Crippen molar-refractivity contribution in [3.8, 4) is 5.75 Å². The van der Waals surface area contributed by atoms with E-state index in [1.807, 2.05) is 38.1 Å². The lowest BCUT2D eigenvalue weighted by Crippen LogP contribution is -2.31. The van der Waals surface area contributed by atoms with Crippen molar-refractivity contribution in [3.63, 3.8) is 0 Å². The second-order valence-corrected chi connectivity index (χ2v) is 6.93. The third-order valence-corrected chi connectivity index (χ3v) is 4.74. The molecule has 1 aliphatic rings. The van der Waals surface area contributed by atoms with Crippen molar-refractivity contribution in [2.24, 2.45) is 5.41 Å². The van der Waals surface area contributed by atoms with E-state index in [1.165, 1.54) is 0 Å². The number of ether oxygens (including phenoxy) is 1. The number of hydrogen-bond donors (Lipinski definition) is 2. The van der Waals surface area contributed by atoms with Gasteiger partial charge in [0, 0.05) is 35.5 Å². The van der Waals surface area contributed by atoms with Gasteiger partial charge < -0.3 is 15.2 Å². The molecule has 1 aliphatic carbocycles. The molecule has 132 valence electrons. The largest absolute Gasteiger partial charge is 0.488 e. The van der Waals surface area contributed by atoms with E-state index in [9.17, 15) is 9.90 Å². The van der Waals surface area contributed by atoms with Crippen molar-refractivity contribution in [3.05, 3.63) is 58.9 Å². The zero-order valence-corrected chi connectivity index (χ0v) is 14.7. The number of rotatable bonds is 7. The average Bonchev–Trinajstić information content (AvgIpc) is 3.40.